The summed E-state index contributed by atoms with van der Waals surface area (Å²) in [6, 6.07) is 8.61. The van der Waals surface area contributed by atoms with Crippen molar-refractivity contribution in [3.8, 4) is 11.5 Å². The quantitative estimate of drug-likeness (QED) is 0.637. The van der Waals surface area contributed by atoms with Gasteiger partial charge in [0.1, 0.15) is 24.9 Å². The summed E-state index contributed by atoms with van der Waals surface area (Å²) in [5.41, 5.74) is 2.70. The van der Waals surface area contributed by atoms with E-state index in [1.54, 1.807) is 26.6 Å². The molecule has 2 aliphatic heterocycles. The second-order valence-electron chi connectivity index (χ2n) is 6.54. The predicted molar refractivity (Wildman–Crippen MR) is 107 cm³/mol. The Morgan fingerprint density at radius 2 is 1.69 bits per heavy atom. The Hall–Kier alpha value is -2.97. The molecule has 8 heteroatoms. The van der Waals surface area contributed by atoms with Gasteiger partial charge in [0.05, 0.1) is 37.5 Å². The van der Waals surface area contributed by atoms with Crippen molar-refractivity contribution in [2.24, 2.45) is 9.98 Å². The SMILES string of the molecule is COCCOc1cc2c(cc1OCCOC)C1=Nc3cccc(F)c3CN1C=N2. The van der Waals surface area contributed by atoms with Crippen LogP contribution in [0.25, 0.3) is 0 Å². The molecule has 2 aliphatic rings. The maximum Gasteiger partial charge on any atom is 0.163 e. The second-order valence-corrected chi connectivity index (χ2v) is 6.54. The molecule has 2 heterocycles. The number of hydrogen-bond acceptors (Lipinski definition) is 7. The molecule has 2 aromatic carbocycles. The molecule has 0 fully saturated rings. The number of fused-ring (bicyclic) bond motifs is 4. The number of aliphatic imine (C=N–C) groups is 2. The van der Waals surface area contributed by atoms with E-state index in [9.17, 15) is 4.39 Å². The molecule has 0 aromatic heterocycles. The van der Waals surface area contributed by atoms with Gasteiger partial charge in [-0.3, -0.25) is 0 Å². The largest absolute Gasteiger partial charge is 0.487 e. The summed E-state index contributed by atoms with van der Waals surface area (Å²) in [6.07, 6.45) is 1.67. The topological polar surface area (TPSA) is 64.9 Å². The van der Waals surface area contributed by atoms with Gasteiger partial charge in [-0.2, -0.15) is 0 Å². The number of benzene rings is 2. The summed E-state index contributed by atoms with van der Waals surface area (Å²) in [5.74, 6) is 1.58. The monoisotopic (exact) mass is 399 g/mol. The summed E-state index contributed by atoms with van der Waals surface area (Å²) in [4.78, 5) is 11.0. The van der Waals surface area contributed by atoms with Crippen LogP contribution < -0.4 is 9.47 Å². The zero-order valence-corrected chi connectivity index (χ0v) is 16.4. The van der Waals surface area contributed by atoms with E-state index in [0.29, 0.717) is 67.2 Å². The van der Waals surface area contributed by atoms with Crippen molar-refractivity contribution in [2.75, 3.05) is 40.6 Å². The van der Waals surface area contributed by atoms with Crippen LogP contribution in [0.2, 0.25) is 0 Å². The first-order valence-electron chi connectivity index (χ1n) is 9.30. The van der Waals surface area contributed by atoms with Gasteiger partial charge >= 0.3 is 0 Å². The highest BCUT2D eigenvalue weighted by Crippen LogP contribution is 2.40. The number of methoxy groups -OCH3 is 2. The summed E-state index contributed by atoms with van der Waals surface area (Å²) in [7, 11) is 3.24. The van der Waals surface area contributed by atoms with Gasteiger partial charge in [-0.25, -0.2) is 14.4 Å². The molecule has 0 radical (unpaired) electrons. The minimum absolute atomic E-state index is 0.269. The van der Waals surface area contributed by atoms with Gasteiger partial charge in [0.15, 0.2) is 11.5 Å². The molecule has 0 unspecified atom stereocenters. The third-order valence-electron chi connectivity index (χ3n) is 4.65. The van der Waals surface area contributed by atoms with Crippen LogP contribution in [0.4, 0.5) is 15.8 Å². The molecule has 152 valence electrons. The van der Waals surface area contributed by atoms with Crippen LogP contribution in [0.5, 0.6) is 11.5 Å². The summed E-state index contributed by atoms with van der Waals surface area (Å²) >= 11 is 0. The molecular formula is C21H22FN3O4. The van der Waals surface area contributed by atoms with Gasteiger partial charge in [-0.15, -0.1) is 0 Å². The Kier molecular flexibility index (Phi) is 5.73. The summed E-state index contributed by atoms with van der Waals surface area (Å²) in [5, 5.41) is 0. The summed E-state index contributed by atoms with van der Waals surface area (Å²) in [6.45, 7) is 2.05. The van der Waals surface area contributed by atoms with E-state index in [-0.39, 0.29) is 5.82 Å². The van der Waals surface area contributed by atoms with E-state index in [2.05, 4.69) is 9.98 Å². The standard InChI is InChI=1S/C21H22FN3O4/c1-26-6-8-28-19-10-14-18(11-20(19)29-9-7-27-2)23-13-25-12-15-16(22)4-3-5-17(15)24-21(14)25/h3-5,10-11,13H,6-9,12H2,1-2H3. The lowest BCUT2D eigenvalue weighted by Crippen LogP contribution is -2.34. The zero-order valence-electron chi connectivity index (χ0n) is 16.4. The van der Waals surface area contributed by atoms with E-state index in [4.69, 9.17) is 18.9 Å². The fourth-order valence-corrected chi connectivity index (χ4v) is 3.21. The van der Waals surface area contributed by atoms with Crippen molar-refractivity contribution in [1.29, 1.82) is 0 Å². The highest BCUT2D eigenvalue weighted by atomic mass is 19.1. The molecule has 0 spiro atoms. The molecule has 0 aliphatic carbocycles. The van der Waals surface area contributed by atoms with Gasteiger partial charge in [-0.05, 0) is 18.2 Å². The Balaban J connectivity index is 1.72. The minimum Gasteiger partial charge on any atom is -0.487 e. The first-order valence-corrected chi connectivity index (χ1v) is 9.30. The van der Waals surface area contributed by atoms with E-state index in [0.717, 1.165) is 5.56 Å². The smallest absolute Gasteiger partial charge is 0.163 e. The minimum atomic E-state index is -0.269. The first kappa shape index (κ1) is 19.4. The van der Waals surface area contributed by atoms with Crippen LogP contribution in [-0.4, -0.2) is 57.7 Å². The Morgan fingerprint density at radius 1 is 0.966 bits per heavy atom. The molecule has 0 saturated heterocycles. The lowest BCUT2D eigenvalue weighted by molar-refractivity contribution is 0.132. The van der Waals surface area contributed by atoms with Crippen LogP contribution >= 0.6 is 0 Å². The Bertz CT molecular complexity index is 961. The van der Waals surface area contributed by atoms with E-state index in [1.165, 1.54) is 6.07 Å². The van der Waals surface area contributed by atoms with E-state index >= 15 is 0 Å². The maximum absolute atomic E-state index is 14.2. The lowest BCUT2D eigenvalue weighted by atomic mass is 10.0. The molecule has 29 heavy (non-hydrogen) atoms. The van der Waals surface area contributed by atoms with Crippen molar-refractivity contribution in [3.05, 3.63) is 47.3 Å². The van der Waals surface area contributed by atoms with E-state index in [1.807, 2.05) is 23.1 Å². The van der Waals surface area contributed by atoms with Gasteiger partial charge in [0.2, 0.25) is 0 Å². The molecule has 0 N–H and O–H groups in total. The molecule has 0 bridgehead atoms. The maximum atomic E-state index is 14.2. The third kappa shape index (κ3) is 3.94. The molecular weight excluding hydrogens is 377 g/mol. The van der Waals surface area contributed by atoms with Gasteiger partial charge in [0, 0.05) is 31.4 Å². The highest BCUT2D eigenvalue weighted by Gasteiger charge is 2.28. The molecule has 2 aromatic rings. The number of nitrogens with zero attached hydrogens (tertiary/aromatic N) is 3. The van der Waals surface area contributed by atoms with Crippen molar-refractivity contribution in [3.63, 3.8) is 0 Å². The molecule has 0 saturated carbocycles. The average Bonchev–Trinajstić information content (AvgIpc) is 2.73. The molecule has 0 atom stereocenters. The number of hydrogen-bond donors (Lipinski definition) is 0. The fourth-order valence-electron chi connectivity index (χ4n) is 3.21. The number of rotatable bonds is 8. The zero-order chi connectivity index (χ0) is 20.2. The van der Waals surface area contributed by atoms with E-state index < -0.39 is 0 Å². The van der Waals surface area contributed by atoms with Crippen molar-refractivity contribution in [2.45, 2.75) is 6.54 Å². The van der Waals surface area contributed by atoms with Gasteiger partial charge < -0.3 is 23.8 Å². The molecule has 0 amide bonds. The normalized spacial score (nSPS) is 14.0. The van der Waals surface area contributed by atoms with Crippen LogP contribution in [0.15, 0.2) is 40.3 Å². The number of amidine groups is 1. The van der Waals surface area contributed by atoms with Crippen molar-refractivity contribution < 1.29 is 23.3 Å². The van der Waals surface area contributed by atoms with Crippen LogP contribution in [-0.2, 0) is 16.0 Å². The van der Waals surface area contributed by atoms with Crippen LogP contribution in [0.3, 0.4) is 0 Å². The summed E-state index contributed by atoms with van der Waals surface area (Å²) < 4.78 is 36.0. The lowest BCUT2D eigenvalue weighted by Gasteiger charge is -2.31. The van der Waals surface area contributed by atoms with Crippen molar-refractivity contribution in [1.82, 2.24) is 4.90 Å². The molecule has 4 rings (SSSR count). The number of ether oxygens (including phenoxy) is 4. The van der Waals surface area contributed by atoms with Crippen LogP contribution in [0, 0.1) is 5.82 Å². The molecule has 7 nitrogen and oxygen atoms in total. The van der Waals surface area contributed by atoms with Crippen molar-refractivity contribution >= 4 is 23.5 Å². The third-order valence-corrected chi connectivity index (χ3v) is 4.65. The Labute approximate surface area is 168 Å². The van der Waals surface area contributed by atoms with Gasteiger partial charge in [-0.1, -0.05) is 6.07 Å². The van der Waals surface area contributed by atoms with Gasteiger partial charge in [0.25, 0.3) is 0 Å². The predicted octanol–water partition coefficient (Wildman–Crippen LogP) is 3.44. The fraction of sp³-hybridized carbons (Fsp3) is 0.333. The first-order chi connectivity index (χ1) is 14.2. The van der Waals surface area contributed by atoms with Crippen LogP contribution in [0.1, 0.15) is 11.1 Å². The number of halogens is 1. The average molecular weight is 399 g/mol. The second kappa shape index (κ2) is 8.59. The Morgan fingerprint density at radius 3 is 2.41 bits per heavy atom. The highest BCUT2D eigenvalue weighted by molar-refractivity contribution is 6.12.